The largest absolute Gasteiger partial charge is 0.338 e. The summed E-state index contributed by atoms with van der Waals surface area (Å²) in [5.74, 6) is 4.77. The molecular formula is C12H14ClN5O3. The molecule has 0 heterocycles. The molecule has 0 fully saturated rings. The number of amides is 1. The molecule has 0 spiro atoms. The first-order chi connectivity index (χ1) is 9.96. The van der Waals surface area contributed by atoms with Crippen molar-refractivity contribution < 1.29 is 9.72 Å². The van der Waals surface area contributed by atoms with Gasteiger partial charge in [0.15, 0.2) is 0 Å². The molecule has 0 unspecified atom stereocenters. The number of nitro groups is 1. The zero-order valence-corrected chi connectivity index (χ0v) is 12.1. The summed E-state index contributed by atoms with van der Waals surface area (Å²) in [7, 11) is 0. The van der Waals surface area contributed by atoms with Crippen LogP contribution in [0.3, 0.4) is 0 Å². The summed E-state index contributed by atoms with van der Waals surface area (Å²) in [6.07, 6.45) is 0.178. The second-order valence-electron chi connectivity index (χ2n) is 4.05. The Hall–Kier alpha value is -2.37. The van der Waals surface area contributed by atoms with Crippen molar-refractivity contribution >= 4 is 28.9 Å². The maximum Gasteiger partial charge on any atom is 0.295 e. The van der Waals surface area contributed by atoms with E-state index in [2.05, 4.69) is 5.43 Å². The molecule has 112 valence electrons. The Morgan fingerprint density at radius 2 is 2.29 bits per heavy atom. The number of carbonyl (C=O) groups excluding carboxylic acids is 1. The van der Waals surface area contributed by atoms with Crippen molar-refractivity contribution in [2.24, 2.45) is 5.84 Å². The maximum absolute atomic E-state index is 12.3. The predicted octanol–water partition coefficient (Wildman–Crippen LogP) is 1.91. The van der Waals surface area contributed by atoms with Gasteiger partial charge < -0.3 is 10.3 Å². The normalized spacial score (nSPS) is 9.81. The zero-order valence-electron chi connectivity index (χ0n) is 11.3. The van der Waals surface area contributed by atoms with E-state index in [1.807, 2.05) is 6.07 Å². The van der Waals surface area contributed by atoms with Crippen molar-refractivity contribution in [3.8, 4) is 6.07 Å². The van der Waals surface area contributed by atoms with Crippen molar-refractivity contribution in [3.63, 3.8) is 0 Å². The second-order valence-corrected chi connectivity index (χ2v) is 4.45. The van der Waals surface area contributed by atoms with Crippen LogP contribution in [0.25, 0.3) is 0 Å². The quantitative estimate of drug-likeness (QED) is 0.469. The van der Waals surface area contributed by atoms with E-state index in [4.69, 9.17) is 22.7 Å². The van der Waals surface area contributed by atoms with Crippen LogP contribution in [0.5, 0.6) is 0 Å². The number of carbonyl (C=O) groups is 1. The number of hydrazine groups is 1. The van der Waals surface area contributed by atoms with E-state index in [9.17, 15) is 14.9 Å². The minimum Gasteiger partial charge on any atom is -0.338 e. The molecule has 9 heteroatoms. The topological polar surface area (TPSA) is 125 Å². The fourth-order valence-corrected chi connectivity index (χ4v) is 2.04. The molecule has 0 aliphatic carbocycles. The highest BCUT2D eigenvalue weighted by atomic mass is 35.5. The summed E-state index contributed by atoms with van der Waals surface area (Å²) < 4.78 is 0. The summed E-state index contributed by atoms with van der Waals surface area (Å²) in [5.41, 5.74) is 1.78. The fourth-order valence-electron chi connectivity index (χ4n) is 1.77. The molecule has 1 aromatic carbocycles. The van der Waals surface area contributed by atoms with E-state index in [1.165, 1.54) is 11.0 Å². The van der Waals surface area contributed by atoms with Gasteiger partial charge in [0, 0.05) is 24.7 Å². The third-order valence-electron chi connectivity index (χ3n) is 2.82. The highest BCUT2D eigenvalue weighted by Crippen LogP contribution is 2.33. The van der Waals surface area contributed by atoms with Gasteiger partial charge in [-0.1, -0.05) is 11.6 Å². The average Bonchev–Trinajstić information content (AvgIpc) is 2.46. The summed E-state index contributed by atoms with van der Waals surface area (Å²) in [5, 5.41) is 19.6. The highest BCUT2D eigenvalue weighted by molar-refractivity contribution is 6.34. The highest BCUT2D eigenvalue weighted by Gasteiger charge is 2.23. The number of nitrogens with one attached hydrogen (secondary N) is 1. The smallest absolute Gasteiger partial charge is 0.295 e. The molecule has 0 saturated heterocycles. The lowest BCUT2D eigenvalue weighted by molar-refractivity contribution is -0.384. The van der Waals surface area contributed by atoms with Crippen molar-refractivity contribution in [1.29, 1.82) is 5.26 Å². The van der Waals surface area contributed by atoms with Gasteiger partial charge in [-0.15, -0.1) is 0 Å². The van der Waals surface area contributed by atoms with Crippen molar-refractivity contribution in [2.75, 3.05) is 18.5 Å². The van der Waals surface area contributed by atoms with Crippen molar-refractivity contribution in [3.05, 3.63) is 32.8 Å². The molecule has 0 aliphatic rings. The Morgan fingerprint density at radius 3 is 2.76 bits per heavy atom. The molecule has 1 aromatic rings. The standard InChI is InChI=1S/C12H14ClN5O3/c1-2-17(5-3-4-14)12(19)8-6-9(13)11(16-15)10(7-8)18(20)21/h6-7,16H,2-3,5,15H2,1H3. The maximum atomic E-state index is 12.3. The van der Waals surface area contributed by atoms with E-state index < -0.39 is 10.8 Å². The molecule has 21 heavy (non-hydrogen) atoms. The monoisotopic (exact) mass is 311 g/mol. The summed E-state index contributed by atoms with van der Waals surface area (Å²) >= 11 is 5.91. The van der Waals surface area contributed by atoms with Gasteiger partial charge in [0.25, 0.3) is 11.6 Å². The van der Waals surface area contributed by atoms with Crippen molar-refractivity contribution in [2.45, 2.75) is 13.3 Å². The molecule has 0 atom stereocenters. The van der Waals surface area contributed by atoms with Gasteiger partial charge in [-0.2, -0.15) is 5.26 Å². The van der Waals surface area contributed by atoms with E-state index in [0.717, 1.165) is 6.07 Å². The first-order valence-corrected chi connectivity index (χ1v) is 6.44. The number of nitrogens with zero attached hydrogens (tertiary/aromatic N) is 3. The minimum atomic E-state index is -0.677. The number of nitrogen functional groups attached to an aromatic ring is 1. The van der Waals surface area contributed by atoms with Crippen LogP contribution in [0.4, 0.5) is 11.4 Å². The molecule has 8 nitrogen and oxygen atoms in total. The minimum absolute atomic E-state index is 0.0219. The number of nitriles is 1. The lowest BCUT2D eigenvalue weighted by Gasteiger charge is -2.19. The molecule has 3 N–H and O–H groups in total. The Bertz CT molecular complexity index is 599. The second kappa shape index (κ2) is 7.42. The van der Waals surface area contributed by atoms with Crippen LogP contribution in [0.15, 0.2) is 12.1 Å². The predicted molar refractivity (Wildman–Crippen MR) is 77.7 cm³/mol. The first-order valence-electron chi connectivity index (χ1n) is 6.07. The van der Waals surface area contributed by atoms with E-state index in [1.54, 1.807) is 6.92 Å². The third kappa shape index (κ3) is 3.81. The number of nitro benzene ring substituents is 1. The van der Waals surface area contributed by atoms with Crippen LogP contribution in [0.2, 0.25) is 5.02 Å². The molecule has 0 saturated carbocycles. The van der Waals surface area contributed by atoms with Gasteiger partial charge in [0.05, 0.1) is 22.4 Å². The summed E-state index contributed by atoms with van der Waals surface area (Å²) in [6, 6.07) is 4.36. The van der Waals surface area contributed by atoms with Gasteiger partial charge in [0.2, 0.25) is 0 Å². The Balaban J connectivity index is 3.22. The van der Waals surface area contributed by atoms with Gasteiger partial charge in [0.1, 0.15) is 5.69 Å². The van der Waals surface area contributed by atoms with Gasteiger partial charge >= 0.3 is 0 Å². The summed E-state index contributed by atoms with van der Waals surface area (Å²) in [4.78, 5) is 24.0. The van der Waals surface area contributed by atoms with Crippen LogP contribution >= 0.6 is 11.6 Å². The van der Waals surface area contributed by atoms with Crippen LogP contribution in [-0.2, 0) is 0 Å². The third-order valence-corrected chi connectivity index (χ3v) is 3.12. The zero-order chi connectivity index (χ0) is 16.0. The average molecular weight is 312 g/mol. The first kappa shape index (κ1) is 16.7. The number of anilines is 1. The molecule has 1 amide bonds. The van der Waals surface area contributed by atoms with E-state index in [0.29, 0.717) is 6.54 Å². The molecule has 0 bridgehead atoms. The van der Waals surface area contributed by atoms with Crippen LogP contribution in [-0.4, -0.2) is 28.8 Å². The fraction of sp³-hybridized carbons (Fsp3) is 0.333. The molecule has 1 rings (SSSR count). The number of hydrogen-bond acceptors (Lipinski definition) is 6. The Kier molecular flexibility index (Phi) is 5.90. The number of hydrogen-bond donors (Lipinski definition) is 2. The lowest BCUT2D eigenvalue weighted by atomic mass is 10.1. The molecular weight excluding hydrogens is 298 g/mol. The lowest BCUT2D eigenvalue weighted by Crippen LogP contribution is -2.31. The van der Waals surface area contributed by atoms with Crippen molar-refractivity contribution in [1.82, 2.24) is 4.90 Å². The van der Waals surface area contributed by atoms with Gasteiger partial charge in [-0.3, -0.25) is 20.8 Å². The SMILES string of the molecule is CCN(CCC#N)C(=O)c1cc(Cl)c(NN)c([N+](=O)[O-])c1. The van der Waals surface area contributed by atoms with E-state index in [-0.39, 0.29) is 34.9 Å². The van der Waals surface area contributed by atoms with Crippen LogP contribution in [0.1, 0.15) is 23.7 Å². The van der Waals surface area contributed by atoms with Crippen LogP contribution in [0, 0.1) is 21.4 Å². The Labute approximate surface area is 126 Å². The number of rotatable bonds is 6. The molecule has 0 aromatic heterocycles. The number of nitrogens with two attached hydrogens (primary N) is 1. The van der Waals surface area contributed by atoms with E-state index >= 15 is 0 Å². The summed E-state index contributed by atoms with van der Waals surface area (Å²) in [6.45, 7) is 2.37. The molecule has 0 aliphatic heterocycles. The Morgan fingerprint density at radius 1 is 1.62 bits per heavy atom. The number of benzene rings is 1. The number of halogens is 1. The van der Waals surface area contributed by atoms with Crippen LogP contribution < -0.4 is 11.3 Å². The molecule has 0 radical (unpaired) electrons. The van der Waals surface area contributed by atoms with Gasteiger partial charge in [-0.25, -0.2) is 0 Å². The van der Waals surface area contributed by atoms with Gasteiger partial charge in [-0.05, 0) is 13.0 Å².